The van der Waals surface area contributed by atoms with Crippen LogP contribution in [0.5, 0.6) is 0 Å². The van der Waals surface area contributed by atoms with E-state index in [0.717, 1.165) is 0 Å². The Hall–Kier alpha value is -1.04. The molecule has 0 saturated carbocycles. The van der Waals surface area contributed by atoms with E-state index in [-0.39, 0.29) is 6.61 Å². The van der Waals surface area contributed by atoms with Gasteiger partial charge in [-0.1, -0.05) is 5.11 Å². The van der Waals surface area contributed by atoms with Crippen LogP contribution in [0.15, 0.2) is 5.11 Å². The van der Waals surface area contributed by atoms with Crippen molar-refractivity contribution in [3.8, 4) is 0 Å². The molecule has 0 rings (SSSR count). The molecular formula is C7H15N3O3Si. The topological polar surface area (TPSA) is 84.3 Å². The molecule has 0 aromatic carbocycles. The van der Waals surface area contributed by atoms with Crippen molar-refractivity contribution in [3.63, 3.8) is 0 Å². The summed E-state index contributed by atoms with van der Waals surface area (Å²) in [6, 6.07) is -0.878. The number of carbonyl (C=O) groups is 1. The number of nitrogens with zero attached hydrogens (tertiary/aromatic N) is 3. The van der Waals surface area contributed by atoms with Gasteiger partial charge in [0.05, 0.1) is 13.7 Å². The Morgan fingerprint density at radius 1 is 1.57 bits per heavy atom. The molecule has 0 fully saturated rings. The van der Waals surface area contributed by atoms with Gasteiger partial charge < -0.3 is 9.16 Å². The molecule has 80 valence electrons. The quantitative estimate of drug-likeness (QED) is 0.231. The number of hydrogen-bond donors (Lipinski definition) is 0. The Labute approximate surface area is 84.0 Å². The first kappa shape index (κ1) is 13.0. The lowest BCUT2D eigenvalue weighted by molar-refractivity contribution is -0.142. The third-order valence-corrected chi connectivity index (χ3v) is 2.37. The predicted molar refractivity (Wildman–Crippen MR) is 54.2 cm³/mol. The van der Waals surface area contributed by atoms with E-state index in [2.05, 4.69) is 14.8 Å². The van der Waals surface area contributed by atoms with Gasteiger partial charge in [0.1, 0.15) is 0 Å². The van der Waals surface area contributed by atoms with Gasteiger partial charge in [-0.15, -0.1) is 0 Å². The summed E-state index contributed by atoms with van der Waals surface area (Å²) in [7, 11) is -0.452. The highest BCUT2D eigenvalue weighted by Crippen LogP contribution is 2.05. The highest BCUT2D eigenvalue weighted by molar-refractivity contribution is 6.69. The van der Waals surface area contributed by atoms with Crippen molar-refractivity contribution >= 4 is 14.3 Å². The largest absolute Gasteiger partial charge is 0.469 e. The Morgan fingerprint density at radius 3 is 2.50 bits per heavy atom. The van der Waals surface area contributed by atoms with Gasteiger partial charge in [-0.3, -0.25) is 4.79 Å². The number of azide groups is 1. The van der Waals surface area contributed by atoms with Gasteiger partial charge in [0, 0.05) is 4.91 Å². The zero-order valence-electron chi connectivity index (χ0n) is 8.85. The minimum Gasteiger partial charge on any atom is -0.469 e. The molecule has 14 heavy (non-hydrogen) atoms. The molecule has 0 N–H and O–H groups in total. The van der Waals surface area contributed by atoms with E-state index < -0.39 is 20.3 Å². The second-order valence-corrected chi connectivity index (χ2v) is 8.18. The summed E-state index contributed by atoms with van der Waals surface area (Å²) in [5, 5.41) is 3.30. The molecule has 0 spiro atoms. The number of ether oxygens (including phenoxy) is 1. The Bertz CT molecular complexity index is 245. The molecular weight excluding hydrogens is 202 g/mol. The van der Waals surface area contributed by atoms with Gasteiger partial charge in [0.2, 0.25) is 0 Å². The van der Waals surface area contributed by atoms with Gasteiger partial charge in [-0.25, -0.2) is 0 Å². The summed E-state index contributed by atoms with van der Waals surface area (Å²) < 4.78 is 9.90. The maximum Gasteiger partial charge on any atom is 0.316 e. The third kappa shape index (κ3) is 5.58. The zero-order valence-corrected chi connectivity index (χ0v) is 9.85. The molecule has 0 aliphatic rings. The minimum atomic E-state index is -1.70. The van der Waals surface area contributed by atoms with Gasteiger partial charge in [0.15, 0.2) is 14.4 Å². The molecule has 0 aliphatic heterocycles. The molecule has 0 amide bonds. The van der Waals surface area contributed by atoms with Crippen molar-refractivity contribution in [1.82, 2.24) is 0 Å². The number of methoxy groups -OCH3 is 1. The molecule has 6 nitrogen and oxygen atoms in total. The molecule has 0 bridgehead atoms. The van der Waals surface area contributed by atoms with E-state index in [1.165, 1.54) is 7.11 Å². The normalized spacial score (nSPS) is 12.9. The molecule has 0 aliphatic carbocycles. The van der Waals surface area contributed by atoms with Crippen LogP contribution in [0.25, 0.3) is 10.4 Å². The average molecular weight is 217 g/mol. The number of hydrogen-bond acceptors (Lipinski definition) is 4. The van der Waals surface area contributed by atoms with Gasteiger partial charge in [-0.2, -0.15) is 0 Å². The highest BCUT2D eigenvalue weighted by Gasteiger charge is 2.22. The fraction of sp³-hybridized carbons (Fsp3) is 0.857. The zero-order chi connectivity index (χ0) is 11.2. The molecule has 0 radical (unpaired) electrons. The first-order valence-electron chi connectivity index (χ1n) is 4.16. The molecule has 0 saturated heterocycles. The van der Waals surface area contributed by atoms with E-state index in [1.807, 2.05) is 19.6 Å². The smallest absolute Gasteiger partial charge is 0.316 e. The van der Waals surface area contributed by atoms with Crippen LogP contribution < -0.4 is 0 Å². The van der Waals surface area contributed by atoms with Crippen molar-refractivity contribution < 1.29 is 14.0 Å². The van der Waals surface area contributed by atoms with Crippen molar-refractivity contribution in [2.24, 2.45) is 5.11 Å². The van der Waals surface area contributed by atoms with Crippen LogP contribution >= 0.6 is 0 Å². The summed E-state index contributed by atoms with van der Waals surface area (Å²) in [5.74, 6) is -0.568. The van der Waals surface area contributed by atoms with E-state index >= 15 is 0 Å². The molecule has 0 heterocycles. The Morgan fingerprint density at radius 2 is 2.14 bits per heavy atom. The van der Waals surface area contributed by atoms with Crippen LogP contribution in [0.3, 0.4) is 0 Å². The molecule has 0 aromatic heterocycles. The fourth-order valence-electron chi connectivity index (χ4n) is 0.676. The second-order valence-electron chi connectivity index (χ2n) is 3.67. The van der Waals surface area contributed by atoms with Crippen molar-refractivity contribution in [2.45, 2.75) is 25.7 Å². The van der Waals surface area contributed by atoms with E-state index in [0.29, 0.717) is 0 Å². The predicted octanol–water partition coefficient (Wildman–Crippen LogP) is 1.69. The number of rotatable bonds is 5. The fourth-order valence-corrected chi connectivity index (χ4v) is 1.33. The van der Waals surface area contributed by atoms with Crippen LogP contribution in [0.4, 0.5) is 0 Å². The monoisotopic (exact) mass is 217 g/mol. The van der Waals surface area contributed by atoms with Crippen LogP contribution in [-0.2, 0) is 14.0 Å². The van der Waals surface area contributed by atoms with Gasteiger partial charge in [0.25, 0.3) is 0 Å². The highest BCUT2D eigenvalue weighted by atomic mass is 28.4. The van der Waals surface area contributed by atoms with Crippen LogP contribution in [0.2, 0.25) is 19.6 Å². The minimum absolute atomic E-state index is 0.0897. The van der Waals surface area contributed by atoms with E-state index in [9.17, 15) is 4.79 Å². The lowest BCUT2D eigenvalue weighted by atomic mass is 10.3. The maximum absolute atomic E-state index is 11.1. The summed E-state index contributed by atoms with van der Waals surface area (Å²) in [4.78, 5) is 13.6. The van der Waals surface area contributed by atoms with Crippen LogP contribution in [-0.4, -0.2) is 34.0 Å². The van der Waals surface area contributed by atoms with E-state index in [4.69, 9.17) is 9.96 Å². The van der Waals surface area contributed by atoms with Crippen molar-refractivity contribution in [1.29, 1.82) is 0 Å². The van der Waals surface area contributed by atoms with Crippen molar-refractivity contribution in [3.05, 3.63) is 10.4 Å². The molecule has 0 unspecified atom stereocenters. The summed E-state index contributed by atoms with van der Waals surface area (Å²) in [6.07, 6.45) is 0. The van der Waals surface area contributed by atoms with E-state index in [1.54, 1.807) is 0 Å². The Kier molecular flexibility index (Phi) is 5.22. The summed E-state index contributed by atoms with van der Waals surface area (Å²) >= 11 is 0. The van der Waals surface area contributed by atoms with Crippen LogP contribution in [0, 0.1) is 0 Å². The lowest BCUT2D eigenvalue weighted by Gasteiger charge is -2.19. The number of carbonyl (C=O) groups excluding carboxylic acids is 1. The Balaban J connectivity index is 4.25. The molecule has 7 heteroatoms. The average Bonchev–Trinajstić information content (AvgIpc) is 2.09. The lowest BCUT2D eigenvalue weighted by Crippen LogP contribution is -2.33. The molecule has 0 aromatic rings. The summed E-state index contributed by atoms with van der Waals surface area (Å²) in [6.45, 7) is 6.04. The van der Waals surface area contributed by atoms with Crippen LogP contribution in [0.1, 0.15) is 0 Å². The van der Waals surface area contributed by atoms with Crippen molar-refractivity contribution in [2.75, 3.05) is 13.7 Å². The third-order valence-electron chi connectivity index (χ3n) is 1.34. The standard InChI is InChI=1S/C7H15N3O3Si/c1-12-7(11)6(9-10-8)5-13-14(2,3)4/h6H,5H2,1-4H3/t6-/m0/s1. The number of esters is 1. The first-order valence-corrected chi connectivity index (χ1v) is 7.57. The second kappa shape index (κ2) is 5.64. The van der Waals surface area contributed by atoms with Gasteiger partial charge >= 0.3 is 5.97 Å². The SMILES string of the molecule is COC(=O)[C@H](CO[Si](C)(C)C)N=[N+]=[N-]. The molecule has 1 atom stereocenters. The van der Waals surface area contributed by atoms with Gasteiger partial charge in [-0.05, 0) is 25.2 Å². The summed E-state index contributed by atoms with van der Waals surface area (Å²) in [5.41, 5.74) is 8.22. The first-order chi connectivity index (χ1) is 6.40. The maximum atomic E-state index is 11.1.